The average molecular weight is 415 g/mol. The quantitative estimate of drug-likeness (QED) is 0.649. The zero-order valence-corrected chi connectivity index (χ0v) is 16.7. The predicted octanol–water partition coefficient (Wildman–Crippen LogP) is 2.15. The van der Waals surface area contributed by atoms with Crippen LogP contribution in [0.15, 0.2) is 54.3 Å². The van der Waals surface area contributed by atoms with Crippen LogP contribution in [0.3, 0.4) is 0 Å². The second kappa shape index (κ2) is 10.2. The summed E-state index contributed by atoms with van der Waals surface area (Å²) in [5.41, 5.74) is 0.781. The number of hydrogen-bond acceptors (Lipinski definition) is 7. The molecule has 2 aliphatic rings. The van der Waals surface area contributed by atoms with Gasteiger partial charge in [-0.15, -0.1) is 0 Å². The fourth-order valence-corrected chi connectivity index (χ4v) is 3.35. The summed E-state index contributed by atoms with van der Waals surface area (Å²) in [4.78, 5) is 38.8. The molecule has 1 N–H and O–H groups in total. The van der Waals surface area contributed by atoms with Crippen molar-refractivity contribution in [1.29, 1.82) is 0 Å². The van der Waals surface area contributed by atoms with Gasteiger partial charge in [-0.3, -0.25) is 9.59 Å². The number of ether oxygens (including phenoxy) is 3. The van der Waals surface area contributed by atoms with Gasteiger partial charge >= 0.3 is 6.09 Å². The van der Waals surface area contributed by atoms with Gasteiger partial charge in [-0.25, -0.2) is 9.69 Å². The molecule has 1 aromatic rings. The van der Waals surface area contributed by atoms with Crippen molar-refractivity contribution in [3.05, 3.63) is 59.9 Å². The van der Waals surface area contributed by atoms with Crippen LogP contribution in [0.4, 0.5) is 4.79 Å². The average Bonchev–Trinajstić information content (AvgIpc) is 3.15. The minimum Gasteiger partial charge on any atom is -0.482 e. The molecular formula is C22H25NO7. The van der Waals surface area contributed by atoms with Gasteiger partial charge in [0, 0.05) is 0 Å². The summed E-state index contributed by atoms with van der Waals surface area (Å²) in [5, 5.41) is 8.71. The Morgan fingerprint density at radius 3 is 2.77 bits per heavy atom. The van der Waals surface area contributed by atoms with Crippen LogP contribution in [0.1, 0.15) is 24.9 Å². The van der Waals surface area contributed by atoms with Gasteiger partial charge in [-0.05, 0) is 37.1 Å². The van der Waals surface area contributed by atoms with Crippen LogP contribution in [0, 0.1) is 5.92 Å². The van der Waals surface area contributed by atoms with Gasteiger partial charge in [0.2, 0.25) is 5.91 Å². The number of cyclic esters (lactones) is 1. The molecule has 0 unspecified atom stereocenters. The van der Waals surface area contributed by atoms with Gasteiger partial charge in [-0.2, -0.15) is 0 Å². The van der Waals surface area contributed by atoms with Crippen molar-refractivity contribution in [3.63, 3.8) is 0 Å². The van der Waals surface area contributed by atoms with Gasteiger partial charge in [0.05, 0.1) is 25.7 Å². The first-order chi connectivity index (χ1) is 14.5. The van der Waals surface area contributed by atoms with E-state index in [0.29, 0.717) is 18.8 Å². The molecule has 0 bridgehead atoms. The fraction of sp³-hybridized carbons (Fsp3) is 0.409. The van der Waals surface area contributed by atoms with Crippen molar-refractivity contribution in [2.45, 2.75) is 25.5 Å². The van der Waals surface area contributed by atoms with E-state index in [0.717, 1.165) is 10.5 Å². The topological polar surface area (TPSA) is 102 Å². The molecule has 2 aliphatic heterocycles. The highest BCUT2D eigenvalue weighted by atomic mass is 16.6. The molecule has 2 amide bonds. The number of allylic oxidation sites excluding steroid dienone is 1. The fourth-order valence-electron chi connectivity index (χ4n) is 3.35. The Bertz CT molecular complexity index is 833. The molecular weight excluding hydrogens is 390 g/mol. The maximum absolute atomic E-state index is 13.1. The molecule has 0 radical (unpaired) electrons. The van der Waals surface area contributed by atoms with Crippen LogP contribution < -0.4 is 0 Å². The third-order valence-corrected chi connectivity index (χ3v) is 4.94. The highest BCUT2D eigenvalue weighted by molar-refractivity contribution is 6.01. The number of imide groups is 1. The molecule has 1 saturated heterocycles. The lowest BCUT2D eigenvalue weighted by atomic mass is 9.96. The van der Waals surface area contributed by atoms with Gasteiger partial charge in [-0.1, -0.05) is 30.3 Å². The Morgan fingerprint density at radius 2 is 2.03 bits per heavy atom. The van der Waals surface area contributed by atoms with Gasteiger partial charge in [0.25, 0.3) is 0 Å². The summed E-state index contributed by atoms with van der Waals surface area (Å²) in [7, 11) is 0. The molecule has 0 saturated carbocycles. The number of ketones is 1. The maximum Gasteiger partial charge on any atom is 0.417 e. The lowest BCUT2D eigenvalue weighted by Crippen LogP contribution is -2.45. The summed E-state index contributed by atoms with van der Waals surface area (Å²) in [6, 6.07) is 8.60. The van der Waals surface area contributed by atoms with Crippen LogP contribution in [0.5, 0.6) is 0 Å². The van der Waals surface area contributed by atoms with E-state index in [1.807, 2.05) is 30.3 Å². The number of rotatable bonds is 8. The third kappa shape index (κ3) is 4.95. The number of hydrogen-bond donors (Lipinski definition) is 1. The van der Waals surface area contributed by atoms with Crippen molar-refractivity contribution in [1.82, 2.24) is 4.90 Å². The normalized spacial score (nSPS) is 23.4. The van der Waals surface area contributed by atoms with E-state index in [1.54, 1.807) is 19.1 Å². The molecule has 8 nitrogen and oxygen atoms in total. The maximum atomic E-state index is 13.1. The zero-order chi connectivity index (χ0) is 21.5. The minimum absolute atomic E-state index is 0.0495. The smallest absolute Gasteiger partial charge is 0.417 e. The van der Waals surface area contributed by atoms with E-state index < -0.39 is 30.1 Å². The number of carbonyl (C=O) groups excluding carboxylic acids is 3. The summed E-state index contributed by atoms with van der Waals surface area (Å²) in [6.07, 6.45) is 3.43. The Morgan fingerprint density at radius 1 is 1.27 bits per heavy atom. The van der Waals surface area contributed by atoms with Crippen LogP contribution in [0.2, 0.25) is 0 Å². The molecule has 1 aromatic carbocycles. The van der Waals surface area contributed by atoms with E-state index in [4.69, 9.17) is 19.3 Å². The first kappa shape index (κ1) is 21.7. The molecule has 0 aromatic heterocycles. The van der Waals surface area contributed by atoms with Crippen molar-refractivity contribution in [2.75, 3.05) is 26.4 Å². The van der Waals surface area contributed by atoms with E-state index in [9.17, 15) is 14.4 Å². The van der Waals surface area contributed by atoms with Crippen molar-refractivity contribution in [2.24, 2.45) is 5.92 Å². The van der Waals surface area contributed by atoms with Gasteiger partial charge in [0.15, 0.2) is 11.9 Å². The second-order valence-electron chi connectivity index (χ2n) is 7.01. The van der Waals surface area contributed by atoms with Crippen molar-refractivity contribution in [3.8, 4) is 0 Å². The highest BCUT2D eigenvalue weighted by Gasteiger charge is 2.44. The molecule has 1 fully saturated rings. The molecule has 2 heterocycles. The summed E-state index contributed by atoms with van der Waals surface area (Å²) < 4.78 is 16.0. The first-order valence-corrected chi connectivity index (χ1v) is 9.85. The number of carbonyl (C=O) groups is 3. The molecule has 3 atom stereocenters. The van der Waals surface area contributed by atoms with Gasteiger partial charge in [0.1, 0.15) is 18.4 Å². The van der Waals surface area contributed by atoms with Crippen LogP contribution >= 0.6 is 0 Å². The number of benzene rings is 1. The van der Waals surface area contributed by atoms with E-state index in [2.05, 4.69) is 0 Å². The Balaban J connectivity index is 1.69. The highest BCUT2D eigenvalue weighted by Crippen LogP contribution is 2.31. The number of aliphatic hydroxyl groups is 1. The molecule has 160 valence electrons. The zero-order valence-electron chi connectivity index (χ0n) is 16.7. The number of amides is 2. The van der Waals surface area contributed by atoms with E-state index in [1.165, 1.54) is 6.08 Å². The monoisotopic (exact) mass is 415 g/mol. The summed E-state index contributed by atoms with van der Waals surface area (Å²) >= 11 is 0. The molecule has 0 aliphatic carbocycles. The second-order valence-corrected chi connectivity index (χ2v) is 7.01. The Kier molecular flexibility index (Phi) is 7.37. The molecule has 0 spiro atoms. The van der Waals surface area contributed by atoms with E-state index >= 15 is 0 Å². The summed E-state index contributed by atoms with van der Waals surface area (Å²) in [5.74, 6) is -1.29. The molecule has 30 heavy (non-hydrogen) atoms. The van der Waals surface area contributed by atoms with Crippen molar-refractivity contribution >= 4 is 17.8 Å². The van der Waals surface area contributed by atoms with Crippen LogP contribution in [-0.4, -0.2) is 60.3 Å². The van der Waals surface area contributed by atoms with E-state index in [-0.39, 0.29) is 25.6 Å². The Hall–Kier alpha value is -2.97. The van der Waals surface area contributed by atoms with Crippen LogP contribution in [0.25, 0.3) is 0 Å². The lowest BCUT2D eigenvalue weighted by molar-refractivity contribution is -0.142. The Labute approximate surface area is 174 Å². The largest absolute Gasteiger partial charge is 0.482 e. The lowest BCUT2D eigenvalue weighted by Gasteiger charge is -2.29. The number of nitrogens with zero attached hydrogens (tertiary/aromatic N) is 1. The van der Waals surface area contributed by atoms with Crippen LogP contribution in [-0.2, 0) is 23.8 Å². The standard InChI is InChI=1S/C22H25NO7/c1-15(20-19(25)10-9-17(30-20)8-5-12-28-13-11-24)21(26)23-18(14-29-22(23)27)16-6-3-2-4-7-16/h2-4,6-10,15,18,20,24H,5,11-14H2,1H3/t15-,18+,20-/m1/s1. The molecule has 3 rings (SSSR count). The third-order valence-electron chi connectivity index (χ3n) is 4.94. The first-order valence-electron chi connectivity index (χ1n) is 9.85. The summed E-state index contributed by atoms with van der Waals surface area (Å²) in [6.45, 7) is 2.24. The number of aliphatic hydroxyl groups excluding tert-OH is 1. The SMILES string of the molecule is C[C@@H](C(=O)N1C(=O)OC[C@H]1c1ccccc1)[C@H]1OC(=CCCOCCO)C=CC1=O. The minimum atomic E-state index is -1.03. The van der Waals surface area contributed by atoms with Gasteiger partial charge < -0.3 is 19.3 Å². The molecule has 8 heteroatoms. The predicted molar refractivity (Wildman–Crippen MR) is 106 cm³/mol. The van der Waals surface area contributed by atoms with Crippen molar-refractivity contribution < 1.29 is 33.7 Å².